The number of halogens is 2. The van der Waals surface area contributed by atoms with Gasteiger partial charge in [-0.1, -0.05) is 0 Å². The Bertz CT molecular complexity index is 533. The second-order valence-corrected chi connectivity index (χ2v) is 4.59. The molecule has 2 nitrogen and oxygen atoms in total. The van der Waals surface area contributed by atoms with Crippen molar-refractivity contribution in [3.8, 4) is 0 Å². The zero-order valence-corrected chi connectivity index (χ0v) is 9.62. The molecule has 1 aromatic heterocycles. The topological polar surface area (TPSA) is 27.8 Å². The van der Waals surface area contributed by atoms with Gasteiger partial charge in [0.15, 0.2) is 0 Å². The third-order valence-corrected chi connectivity index (χ3v) is 3.69. The molecule has 0 saturated heterocycles. The van der Waals surface area contributed by atoms with Crippen molar-refractivity contribution in [2.75, 3.05) is 6.54 Å². The molecule has 0 unspecified atom stereocenters. The van der Waals surface area contributed by atoms with Crippen LogP contribution in [0.25, 0.3) is 10.9 Å². The fourth-order valence-corrected chi connectivity index (χ4v) is 2.60. The molecular formula is C11H10BrFN2. The summed E-state index contributed by atoms with van der Waals surface area (Å²) in [5.74, 6) is -0.214. The van der Waals surface area contributed by atoms with E-state index < -0.39 is 0 Å². The van der Waals surface area contributed by atoms with Crippen LogP contribution >= 0.6 is 15.9 Å². The molecule has 0 atom stereocenters. The highest BCUT2D eigenvalue weighted by Gasteiger charge is 2.17. The number of hydrogen-bond acceptors (Lipinski definition) is 1. The van der Waals surface area contributed by atoms with Gasteiger partial charge in [0.1, 0.15) is 5.82 Å². The van der Waals surface area contributed by atoms with Gasteiger partial charge in [0.2, 0.25) is 0 Å². The molecule has 0 bridgehead atoms. The summed E-state index contributed by atoms with van der Waals surface area (Å²) < 4.78 is 13.9. The number of fused-ring (bicyclic) bond motifs is 3. The van der Waals surface area contributed by atoms with Gasteiger partial charge >= 0.3 is 0 Å². The zero-order valence-electron chi connectivity index (χ0n) is 8.03. The minimum Gasteiger partial charge on any atom is -0.357 e. The van der Waals surface area contributed by atoms with Crippen molar-refractivity contribution < 1.29 is 4.39 Å². The second-order valence-electron chi connectivity index (χ2n) is 3.79. The second kappa shape index (κ2) is 3.32. The summed E-state index contributed by atoms with van der Waals surface area (Å²) in [4.78, 5) is 3.30. The minimum atomic E-state index is -0.214. The van der Waals surface area contributed by atoms with Crippen LogP contribution in [0.2, 0.25) is 0 Å². The molecular weight excluding hydrogens is 259 g/mol. The summed E-state index contributed by atoms with van der Waals surface area (Å²) >= 11 is 3.28. The van der Waals surface area contributed by atoms with E-state index >= 15 is 0 Å². The highest BCUT2D eigenvalue weighted by molar-refractivity contribution is 9.10. The first-order chi connectivity index (χ1) is 7.27. The van der Waals surface area contributed by atoms with Crippen LogP contribution in [-0.2, 0) is 13.0 Å². The van der Waals surface area contributed by atoms with Crippen molar-refractivity contribution in [3.63, 3.8) is 0 Å². The lowest BCUT2D eigenvalue weighted by molar-refractivity contribution is 0.623. The van der Waals surface area contributed by atoms with Crippen molar-refractivity contribution in [3.05, 3.63) is 33.7 Å². The maximum Gasteiger partial charge on any atom is 0.139 e. The van der Waals surface area contributed by atoms with Crippen LogP contribution in [0.1, 0.15) is 11.3 Å². The Hall–Kier alpha value is -0.870. The van der Waals surface area contributed by atoms with Gasteiger partial charge in [-0.05, 0) is 33.6 Å². The molecule has 1 aromatic carbocycles. The maximum absolute atomic E-state index is 13.3. The van der Waals surface area contributed by atoms with Crippen LogP contribution < -0.4 is 5.32 Å². The molecule has 1 aliphatic rings. The molecule has 2 heterocycles. The number of benzene rings is 1. The Balaban J connectivity index is 2.36. The van der Waals surface area contributed by atoms with Crippen LogP contribution in [0.15, 0.2) is 16.6 Å². The van der Waals surface area contributed by atoms with Crippen molar-refractivity contribution in [2.24, 2.45) is 0 Å². The molecule has 0 radical (unpaired) electrons. The summed E-state index contributed by atoms with van der Waals surface area (Å²) in [5, 5.41) is 4.44. The van der Waals surface area contributed by atoms with Gasteiger partial charge in [-0.25, -0.2) is 4.39 Å². The molecule has 0 aliphatic carbocycles. The molecule has 0 spiro atoms. The van der Waals surface area contributed by atoms with Crippen molar-refractivity contribution in [2.45, 2.75) is 13.0 Å². The smallest absolute Gasteiger partial charge is 0.139 e. The van der Waals surface area contributed by atoms with Gasteiger partial charge in [0, 0.05) is 30.6 Å². The number of rotatable bonds is 0. The van der Waals surface area contributed by atoms with Crippen LogP contribution in [-0.4, -0.2) is 11.5 Å². The lowest BCUT2D eigenvalue weighted by Gasteiger charge is -2.12. The summed E-state index contributed by atoms with van der Waals surface area (Å²) in [5.41, 5.74) is 3.38. The fraction of sp³-hybridized carbons (Fsp3) is 0.273. The fourth-order valence-electron chi connectivity index (χ4n) is 2.16. The van der Waals surface area contributed by atoms with Gasteiger partial charge in [0.25, 0.3) is 0 Å². The van der Waals surface area contributed by atoms with Crippen molar-refractivity contribution >= 4 is 26.8 Å². The molecule has 4 heteroatoms. The Labute approximate surface area is 95.0 Å². The lowest BCUT2D eigenvalue weighted by Crippen LogP contribution is -2.22. The summed E-state index contributed by atoms with van der Waals surface area (Å²) in [6.45, 7) is 1.85. The Morgan fingerprint density at radius 3 is 3.07 bits per heavy atom. The predicted molar refractivity (Wildman–Crippen MR) is 61.4 cm³/mol. The molecule has 1 aliphatic heterocycles. The Morgan fingerprint density at radius 2 is 2.20 bits per heavy atom. The van der Waals surface area contributed by atoms with Gasteiger partial charge in [-0.3, -0.25) is 0 Å². The van der Waals surface area contributed by atoms with E-state index in [1.54, 1.807) is 0 Å². The molecule has 0 saturated carbocycles. The average molecular weight is 269 g/mol. The third-order valence-electron chi connectivity index (χ3n) is 2.91. The van der Waals surface area contributed by atoms with E-state index in [1.807, 2.05) is 6.07 Å². The van der Waals surface area contributed by atoms with Crippen molar-refractivity contribution in [1.29, 1.82) is 0 Å². The molecule has 78 valence electrons. The molecule has 2 aromatic rings. The summed E-state index contributed by atoms with van der Waals surface area (Å²) in [6, 6.07) is 3.35. The lowest BCUT2D eigenvalue weighted by atomic mass is 10.1. The van der Waals surface area contributed by atoms with E-state index in [-0.39, 0.29) is 5.82 Å². The number of H-pyrrole nitrogens is 1. The van der Waals surface area contributed by atoms with E-state index in [4.69, 9.17) is 0 Å². The molecule has 2 N–H and O–H groups in total. The standard InChI is InChI=1S/C11H10BrFN2/c12-10-8(13)2-1-6-7-5-14-4-3-9(7)15-11(6)10/h1-2,14-15H,3-5H2. The van der Waals surface area contributed by atoms with Crippen molar-refractivity contribution in [1.82, 2.24) is 10.3 Å². The number of aromatic amines is 1. The normalized spacial score (nSPS) is 15.6. The minimum absolute atomic E-state index is 0.214. The Kier molecular flexibility index (Phi) is 2.07. The molecule has 15 heavy (non-hydrogen) atoms. The first kappa shape index (κ1) is 9.36. The van der Waals surface area contributed by atoms with Crippen LogP contribution in [0, 0.1) is 5.82 Å². The highest BCUT2D eigenvalue weighted by atomic mass is 79.9. The third kappa shape index (κ3) is 1.32. The summed E-state index contributed by atoms with van der Waals surface area (Å²) in [6.07, 6.45) is 0.984. The maximum atomic E-state index is 13.3. The molecule has 0 fully saturated rings. The highest BCUT2D eigenvalue weighted by Crippen LogP contribution is 2.31. The predicted octanol–water partition coefficient (Wildman–Crippen LogP) is 2.72. The van der Waals surface area contributed by atoms with E-state index in [0.29, 0.717) is 4.47 Å². The number of nitrogens with one attached hydrogen (secondary N) is 2. The SMILES string of the molecule is Fc1ccc2c3c([nH]c2c1Br)CCNC3. The quantitative estimate of drug-likeness (QED) is 0.756. The van der Waals surface area contributed by atoms with E-state index in [0.717, 1.165) is 30.4 Å². The number of aromatic nitrogens is 1. The van der Waals surface area contributed by atoms with Gasteiger partial charge in [-0.15, -0.1) is 0 Å². The summed E-state index contributed by atoms with van der Waals surface area (Å²) in [7, 11) is 0. The van der Waals surface area contributed by atoms with E-state index in [9.17, 15) is 4.39 Å². The molecule has 0 amide bonds. The van der Waals surface area contributed by atoms with E-state index in [1.165, 1.54) is 17.3 Å². The average Bonchev–Trinajstić information content (AvgIpc) is 2.63. The van der Waals surface area contributed by atoms with Crippen LogP contribution in [0.3, 0.4) is 0 Å². The van der Waals surface area contributed by atoms with Crippen LogP contribution in [0.4, 0.5) is 4.39 Å². The largest absolute Gasteiger partial charge is 0.357 e. The molecule has 3 rings (SSSR count). The number of hydrogen-bond donors (Lipinski definition) is 2. The van der Waals surface area contributed by atoms with Gasteiger partial charge in [-0.2, -0.15) is 0 Å². The van der Waals surface area contributed by atoms with Gasteiger partial charge < -0.3 is 10.3 Å². The Morgan fingerprint density at radius 1 is 1.33 bits per heavy atom. The van der Waals surface area contributed by atoms with Gasteiger partial charge in [0.05, 0.1) is 9.99 Å². The van der Waals surface area contributed by atoms with E-state index in [2.05, 4.69) is 26.2 Å². The first-order valence-corrected chi connectivity index (χ1v) is 5.75. The zero-order chi connectivity index (χ0) is 10.4. The monoisotopic (exact) mass is 268 g/mol. The first-order valence-electron chi connectivity index (χ1n) is 4.95. The van der Waals surface area contributed by atoms with Crippen LogP contribution in [0.5, 0.6) is 0 Å².